The van der Waals surface area contributed by atoms with Crippen molar-refractivity contribution < 1.29 is 19.4 Å². The summed E-state index contributed by atoms with van der Waals surface area (Å²) >= 11 is 0. The SMILES string of the molecule is [C-]#[N+]c1cnc2cc(N3CCN(C[C@H](O)c4ccc5c(c4C)COC5=O)CC3=O)ccc2c1. The Kier molecular flexibility index (Phi) is 5.29. The van der Waals surface area contributed by atoms with E-state index in [1.165, 1.54) is 6.20 Å². The number of aromatic nitrogens is 1. The number of rotatable bonds is 4. The highest BCUT2D eigenvalue weighted by atomic mass is 16.5. The standard InChI is InChI=1S/C25H22N4O4/c1-15-19(5-6-20-21(15)14-33-25(20)32)23(30)12-28-7-8-29(24(31)13-28)18-4-3-16-9-17(26-2)11-27-22(16)10-18/h3-6,9-11,23,30H,7-8,12-14H2,1H3/t23-/m0/s1. The molecule has 3 aromatic rings. The maximum atomic E-state index is 12.9. The lowest BCUT2D eigenvalue weighted by molar-refractivity contribution is -0.121. The Bertz CT molecular complexity index is 1330. The van der Waals surface area contributed by atoms with Crippen LogP contribution in [0.5, 0.6) is 0 Å². The quantitative estimate of drug-likeness (QED) is 0.493. The molecule has 8 nitrogen and oxygen atoms in total. The summed E-state index contributed by atoms with van der Waals surface area (Å²) in [6.07, 6.45) is 0.760. The predicted molar refractivity (Wildman–Crippen MR) is 122 cm³/mol. The van der Waals surface area contributed by atoms with E-state index < -0.39 is 6.10 Å². The van der Waals surface area contributed by atoms with Crippen molar-refractivity contribution in [1.29, 1.82) is 0 Å². The van der Waals surface area contributed by atoms with Crippen molar-refractivity contribution >= 4 is 34.2 Å². The zero-order chi connectivity index (χ0) is 23.1. The number of anilines is 1. The second-order valence-electron chi connectivity index (χ2n) is 8.36. The van der Waals surface area contributed by atoms with Gasteiger partial charge in [-0.1, -0.05) is 12.1 Å². The summed E-state index contributed by atoms with van der Waals surface area (Å²) < 4.78 is 5.10. The van der Waals surface area contributed by atoms with E-state index in [0.717, 1.165) is 33.3 Å². The van der Waals surface area contributed by atoms with Crippen LogP contribution in [0.1, 0.15) is 33.2 Å². The summed E-state index contributed by atoms with van der Waals surface area (Å²) in [4.78, 5) is 36.1. The third kappa shape index (κ3) is 3.82. The number of ether oxygens (including phenoxy) is 1. The lowest BCUT2D eigenvalue weighted by Crippen LogP contribution is -2.51. The van der Waals surface area contributed by atoms with E-state index in [9.17, 15) is 14.7 Å². The van der Waals surface area contributed by atoms with Crippen LogP contribution < -0.4 is 4.90 Å². The minimum atomic E-state index is -0.771. The number of aliphatic hydroxyl groups is 1. The van der Waals surface area contributed by atoms with Crippen LogP contribution in [-0.4, -0.2) is 53.0 Å². The molecule has 1 N–H and O–H groups in total. The average Bonchev–Trinajstić information content (AvgIpc) is 3.20. The molecule has 2 aromatic carbocycles. The van der Waals surface area contributed by atoms with Gasteiger partial charge in [-0.3, -0.25) is 14.7 Å². The van der Waals surface area contributed by atoms with Crippen molar-refractivity contribution in [2.45, 2.75) is 19.6 Å². The Hall–Kier alpha value is -3.80. The van der Waals surface area contributed by atoms with Crippen molar-refractivity contribution in [1.82, 2.24) is 9.88 Å². The Labute approximate surface area is 190 Å². The predicted octanol–water partition coefficient (Wildman–Crippen LogP) is 3.15. The third-order valence-corrected chi connectivity index (χ3v) is 6.39. The molecule has 1 amide bonds. The third-order valence-electron chi connectivity index (χ3n) is 6.39. The number of piperazine rings is 1. The minimum absolute atomic E-state index is 0.0461. The zero-order valence-corrected chi connectivity index (χ0v) is 18.1. The number of aliphatic hydroxyl groups excluding tert-OH is 1. The number of β-amino-alcohol motifs (C(OH)–C–C–N with tert-alkyl or cyclic N) is 1. The monoisotopic (exact) mass is 442 g/mol. The van der Waals surface area contributed by atoms with Gasteiger partial charge in [0, 0.05) is 37.1 Å². The molecule has 1 atom stereocenters. The maximum Gasteiger partial charge on any atom is 0.338 e. The molecular formula is C25H22N4O4. The van der Waals surface area contributed by atoms with Crippen molar-refractivity contribution in [3.63, 3.8) is 0 Å². The first kappa shape index (κ1) is 21.1. The summed E-state index contributed by atoms with van der Waals surface area (Å²) in [6.45, 7) is 10.9. The number of amides is 1. The van der Waals surface area contributed by atoms with Crippen LogP contribution >= 0.6 is 0 Å². The van der Waals surface area contributed by atoms with Crippen LogP contribution in [0, 0.1) is 13.5 Å². The fourth-order valence-electron chi connectivity index (χ4n) is 4.55. The van der Waals surface area contributed by atoms with Gasteiger partial charge in [0.05, 0.1) is 30.3 Å². The first-order valence-electron chi connectivity index (χ1n) is 10.7. The van der Waals surface area contributed by atoms with Gasteiger partial charge in [0.2, 0.25) is 11.6 Å². The van der Waals surface area contributed by atoms with Crippen molar-refractivity contribution in [2.75, 3.05) is 31.1 Å². The number of hydrogen-bond donors (Lipinski definition) is 1. The van der Waals surface area contributed by atoms with E-state index in [2.05, 4.69) is 9.83 Å². The number of carbonyl (C=O) groups is 2. The number of benzene rings is 2. The Morgan fingerprint density at radius 3 is 2.85 bits per heavy atom. The van der Waals surface area contributed by atoms with Crippen LogP contribution in [0.15, 0.2) is 42.6 Å². The number of fused-ring (bicyclic) bond motifs is 2. The molecule has 0 spiro atoms. The van der Waals surface area contributed by atoms with Gasteiger partial charge in [-0.2, -0.15) is 0 Å². The number of pyridine rings is 1. The van der Waals surface area contributed by atoms with E-state index in [1.54, 1.807) is 23.1 Å². The first-order chi connectivity index (χ1) is 15.9. The van der Waals surface area contributed by atoms with Crippen LogP contribution in [0.4, 0.5) is 11.4 Å². The minimum Gasteiger partial charge on any atom is -0.457 e. The molecule has 2 aliphatic heterocycles. The van der Waals surface area contributed by atoms with Gasteiger partial charge < -0.3 is 14.7 Å². The summed E-state index contributed by atoms with van der Waals surface area (Å²) in [5.74, 6) is -0.373. The molecule has 166 valence electrons. The number of esters is 1. The molecule has 0 saturated carbocycles. The highest BCUT2D eigenvalue weighted by Crippen LogP contribution is 2.30. The fraction of sp³-hybridized carbons (Fsp3) is 0.280. The van der Waals surface area contributed by atoms with Gasteiger partial charge in [0.25, 0.3) is 0 Å². The molecule has 0 bridgehead atoms. The Morgan fingerprint density at radius 1 is 1.21 bits per heavy atom. The average molecular weight is 442 g/mol. The van der Waals surface area contributed by atoms with Gasteiger partial charge >= 0.3 is 5.97 Å². The molecule has 5 rings (SSSR count). The van der Waals surface area contributed by atoms with Gasteiger partial charge in [-0.25, -0.2) is 9.64 Å². The van der Waals surface area contributed by atoms with Gasteiger partial charge in [0.1, 0.15) is 6.61 Å². The van der Waals surface area contributed by atoms with E-state index in [1.807, 2.05) is 30.0 Å². The van der Waals surface area contributed by atoms with Gasteiger partial charge in [-0.05, 0) is 47.7 Å². The fourth-order valence-corrected chi connectivity index (χ4v) is 4.55. The summed E-state index contributed by atoms with van der Waals surface area (Å²) in [6, 6.07) is 10.9. The lowest BCUT2D eigenvalue weighted by atomic mass is 9.95. The number of nitrogens with zero attached hydrogens (tertiary/aromatic N) is 4. The molecule has 0 radical (unpaired) electrons. The first-order valence-corrected chi connectivity index (χ1v) is 10.7. The number of hydrogen-bond acceptors (Lipinski definition) is 6. The highest BCUT2D eigenvalue weighted by Gasteiger charge is 2.29. The van der Waals surface area contributed by atoms with Gasteiger partial charge in [-0.15, -0.1) is 0 Å². The van der Waals surface area contributed by atoms with E-state index in [-0.39, 0.29) is 25.0 Å². The van der Waals surface area contributed by atoms with Crippen LogP contribution in [0.3, 0.4) is 0 Å². The smallest absolute Gasteiger partial charge is 0.338 e. The molecule has 1 aromatic heterocycles. The van der Waals surface area contributed by atoms with Crippen molar-refractivity contribution in [2.24, 2.45) is 0 Å². The highest BCUT2D eigenvalue weighted by molar-refractivity contribution is 5.98. The molecule has 1 fully saturated rings. The van der Waals surface area contributed by atoms with Crippen molar-refractivity contribution in [3.05, 3.63) is 76.3 Å². The second-order valence-corrected chi connectivity index (χ2v) is 8.36. The molecule has 8 heteroatoms. The maximum absolute atomic E-state index is 12.9. The van der Waals surface area contributed by atoms with E-state index in [4.69, 9.17) is 11.3 Å². The molecule has 0 aliphatic carbocycles. The summed E-state index contributed by atoms with van der Waals surface area (Å²) in [5, 5.41) is 11.7. The summed E-state index contributed by atoms with van der Waals surface area (Å²) in [7, 11) is 0. The van der Waals surface area contributed by atoms with Crippen LogP contribution in [0.25, 0.3) is 15.7 Å². The molecule has 1 saturated heterocycles. The normalized spacial score (nSPS) is 17.1. The topological polar surface area (TPSA) is 87.3 Å². The second kappa shape index (κ2) is 8.28. The molecular weight excluding hydrogens is 420 g/mol. The molecule has 33 heavy (non-hydrogen) atoms. The van der Waals surface area contributed by atoms with Crippen molar-refractivity contribution in [3.8, 4) is 0 Å². The van der Waals surface area contributed by atoms with Crippen LogP contribution in [-0.2, 0) is 16.1 Å². The van der Waals surface area contributed by atoms with E-state index >= 15 is 0 Å². The van der Waals surface area contributed by atoms with Crippen LogP contribution in [0.2, 0.25) is 0 Å². The zero-order valence-electron chi connectivity index (χ0n) is 18.1. The lowest BCUT2D eigenvalue weighted by Gasteiger charge is -2.35. The van der Waals surface area contributed by atoms with E-state index in [0.29, 0.717) is 30.9 Å². The molecule has 2 aliphatic rings. The number of cyclic esters (lactones) is 1. The Morgan fingerprint density at radius 2 is 2.06 bits per heavy atom. The number of carbonyl (C=O) groups excluding carboxylic acids is 2. The molecule has 0 unspecified atom stereocenters. The summed E-state index contributed by atoms with van der Waals surface area (Å²) in [5.41, 5.74) is 4.99. The Balaban J connectivity index is 1.27. The molecule has 3 heterocycles. The van der Waals surface area contributed by atoms with Gasteiger partial charge in [0.15, 0.2) is 0 Å². The largest absolute Gasteiger partial charge is 0.457 e.